The number of aromatic amines is 1. The zero-order valence-electron chi connectivity index (χ0n) is 13.7. The van der Waals surface area contributed by atoms with Crippen LogP contribution in [0, 0.1) is 11.8 Å². The van der Waals surface area contributed by atoms with Crippen LogP contribution in [0.25, 0.3) is 10.9 Å². The minimum atomic E-state index is -0.201. The Bertz CT molecular complexity index is 945. The lowest BCUT2D eigenvalue weighted by Crippen LogP contribution is -2.15. The summed E-state index contributed by atoms with van der Waals surface area (Å²) in [5, 5.41) is 13.6. The molecule has 0 spiro atoms. The van der Waals surface area contributed by atoms with E-state index < -0.39 is 0 Å². The Morgan fingerprint density at radius 3 is 2.52 bits per heavy atom. The maximum absolute atomic E-state index is 12.4. The summed E-state index contributed by atoms with van der Waals surface area (Å²) < 4.78 is 0. The Balaban J connectivity index is 1.42. The van der Waals surface area contributed by atoms with E-state index in [4.69, 9.17) is 0 Å². The van der Waals surface area contributed by atoms with Gasteiger partial charge in [0.1, 0.15) is 0 Å². The fourth-order valence-electron chi connectivity index (χ4n) is 2.85. The van der Waals surface area contributed by atoms with E-state index in [-0.39, 0.29) is 17.7 Å². The molecule has 0 bridgehead atoms. The molecule has 1 fully saturated rings. The van der Waals surface area contributed by atoms with Crippen molar-refractivity contribution >= 4 is 34.1 Å². The van der Waals surface area contributed by atoms with Crippen molar-refractivity contribution in [1.82, 2.24) is 10.2 Å². The van der Waals surface area contributed by atoms with Crippen LogP contribution >= 0.6 is 0 Å². The van der Waals surface area contributed by atoms with Gasteiger partial charge in [-0.3, -0.25) is 14.7 Å². The molecule has 2 atom stereocenters. The van der Waals surface area contributed by atoms with Crippen LogP contribution in [0.1, 0.15) is 23.7 Å². The normalized spacial score (nSPS) is 18.8. The zero-order chi connectivity index (χ0) is 17.4. The van der Waals surface area contributed by atoms with Crippen LogP contribution < -0.4 is 10.6 Å². The Labute approximate surface area is 144 Å². The largest absolute Gasteiger partial charge is 0.326 e. The van der Waals surface area contributed by atoms with Crippen LogP contribution in [-0.4, -0.2) is 22.0 Å². The smallest absolute Gasteiger partial charge is 0.255 e. The van der Waals surface area contributed by atoms with Crippen LogP contribution in [0.5, 0.6) is 0 Å². The van der Waals surface area contributed by atoms with Crippen molar-refractivity contribution in [2.45, 2.75) is 13.3 Å². The second-order valence-corrected chi connectivity index (χ2v) is 6.51. The Morgan fingerprint density at radius 2 is 1.80 bits per heavy atom. The van der Waals surface area contributed by atoms with Gasteiger partial charge in [-0.2, -0.15) is 5.10 Å². The maximum Gasteiger partial charge on any atom is 0.255 e. The van der Waals surface area contributed by atoms with Gasteiger partial charge in [0.05, 0.1) is 11.7 Å². The van der Waals surface area contributed by atoms with Crippen molar-refractivity contribution in [1.29, 1.82) is 0 Å². The van der Waals surface area contributed by atoms with Gasteiger partial charge in [0, 0.05) is 28.2 Å². The Hall–Kier alpha value is -3.15. The molecule has 1 aromatic heterocycles. The molecule has 3 aromatic rings. The summed E-state index contributed by atoms with van der Waals surface area (Å²) in [7, 11) is 0. The maximum atomic E-state index is 12.4. The van der Waals surface area contributed by atoms with E-state index in [0.717, 1.165) is 17.3 Å². The fourth-order valence-corrected chi connectivity index (χ4v) is 2.85. The van der Waals surface area contributed by atoms with Crippen LogP contribution in [0.3, 0.4) is 0 Å². The molecule has 2 amide bonds. The molecule has 4 rings (SSSR count). The van der Waals surface area contributed by atoms with Gasteiger partial charge in [0.2, 0.25) is 5.91 Å². The van der Waals surface area contributed by atoms with Crippen LogP contribution in [0.15, 0.2) is 48.7 Å². The van der Waals surface area contributed by atoms with Gasteiger partial charge in [-0.05, 0) is 54.8 Å². The number of nitrogens with one attached hydrogen (secondary N) is 3. The molecular weight excluding hydrogens is 316 g/mol. The van der Waals surface area contributed by atoms with Gasteiger partial charge >= 0.3 is 0 Å². The molecule has 1 saturated carbocycles. The van der Waals surface area contributed by atoms with Crippen LogP contribution in [0.2, 0.25) is 0 Å². The quantitative estimate of drug-likeness (QED) is 0.683. The van der Waals surface area contributed by atoms with E-state index in [1.807, 2.05) is 18.2 Å². The average Bonchev–Trinajstić information content (AvgIpc) is 3.16. The van der Waals surface area contributed by atoms with Gasteiger partial charge in [-0.25, -0.2) is 0 Å². The molecule has 6 nitrogen and oxygen atoms in total. The Kier molecular flexibility index (Phi) is 3.72. The monoisotopic (exact) mass is 334 g/mol. The topological polar surface area (TPSA) is 86.9 Å². The Morgan fingerprint density at radius 1 is 1.08 bits per heavy atom. The number of rotatable bonds is 4. The highest BCUT2D eigenvalue weighted by molar-refractivity contribution is 6.05. The standard InChI is InChI=1S/C19H18N4O2/c1-11-8-16(11)19(25)21-14-5-2-12(3-6-14)18(24)22-15-7-4-13-10-20-23-17(13)9-15/h2-7,9-11,16H,8H2,1H3,(H,20,23)(H,21,25)(H,22,24)/t11-,16+/m1/s1. The molecule has 0 saturated heterocycles. The van der Waals surface area contributed by atoms with Gasteiger partial charge in [0.15, 0.2) is 0 Å². The first-order chi connectivity index (χ1) is 12.1. The van der Waals surface area contributed by atoms with E-state index in [1.165, 1.54) is 0 Å². The number of amides is 2. The molecule has 2 aromatic carbocycles. The molecule has 1 aliphatic carbocycles. The molecule has 3 N–H and O–H groups in total. The number of fused-ring (bicyclic) bond motifs is 1. The molecule has 6 heteroatoms. The first-order valence-electron chi connectivity index (χ1n) is 8.25. The van der Waals surface area contributed by atoms with E-state index in [1.54, 1.807) is 30.5 Å². The van der Waals surface area contributed by atoms with Gasteiger partial charge in [-0.1, -0.05) is 6.92 Å². The third-order valence-electron chi connectivity index (χ3n) is 4.56. The molecule has 0 aliphatic heterocycles. The first-order valence-corrected chi connectivity index (χ1v) is 8.25. The van der Waals surface area contributed by atoms with E-state index in [0.29, 0.717) is 22.9 Å². The average molecular weight is 334 g/mol. The highest BCUT2D eigenvalue weighted by Gasteiger charge is 2.39. The first kappa shape index (κ1) is 15.4. The molecule has 1 heterocycles. The number of anilines is 2. The number of H-pyrrole nitrogens is 1. The van der Waals surface area contributed by atoms with Crippen molar-refractivity contribution < 1.29 is 9.59 Å². The third kappa shape index (κ3) is 3.24. The third-order valence-corrected chi connectivity index (χ3v) is 4.56. The summed E-state index contributed by atoms with van der Waals surface area (Å²) in [5.74, 6) is 0.447. The van der Waals surface area contributed by atoms with Crippen molar-refractivity contribution in [3.05, 3.63) is 54.2 Å². The van der Waals surface area contributed by atoms with Gasteiger partial charge in [0.25, 0.3) is 5.91 Å². The molecular formula is C19H18N4O2. The number of aromatic nitrogens is 2. The predicted octanol–water partition coefficient (Wildman–Crippen LogP) is 3.41. The molecule has 25 heavy (non-hydrogen) atoms. The molecule has 1 aliphatic rings. The van der Waals surface area contributed by atoms with Crippen molar-refractivity contribution in [3.63, 3.8) is 0 Å². The summed E-state index contributed by atoms with van der Waals surface area (Å²) >= 11 is 0. The predicted molar refractivity (Wildman–Crippen MR) is 96.4 cm³/mol. The highest BCUT2D eigenvalue weighted by atomic mass is 16.2. The summed E-state index contributed by atoms with van der Waals surface area (Å²) in [4.78, 5) is 24.3. The van der Waals surface area contributed by atoms with E-state index >= 15 is 0 Å². The minimum Gasteiger partial charge on any atom is -0.326 e. The van der Waals surface area contributed by atoms with Gasteiger partial charge in [-0.15, -0.1) is 0 Å². The lowest BCUT2D eigenvalue weighted by molar-refractivity contribution is -0.117. The second kappa shape index (κ2) is 6.05. The van der Waals surface area contributed by atoms with E-state index in [9.17, 15) is 9.59 Å². The fraction of sp³-hybridized carbons (Fsp3) is 0.211. The number of nitrogens with zero attached hydrogens (tertiary/aromatic N) is 1. The minimum absolute atomic E-state index is 0.0533. The summed E-state index contributed by atoms with van der Waals surface area (Å²) in [6, 6.07) is 12.5. The van der Waals surface area contributed by atoms with Crippen LogP contribution in [0.4, 0.5) is 11.4 Å². The summed E-state index contributed by atoms with van der Waals surface area (Å²) in [5.41, 5.74) is 2.80. The van der Waals surface area contributed by atoms with Crippen molar-refractivity contribution in [3.8, 4) is 0 Å². The SMILES string of the molecule is C[C@@H]1C[C@@H]1C(=O)Nc1ccc(C(=O)Nc2ccc3cn[nH]c3c2)cc1. The lowest BCUT2D eigenvalue weighted by Gasteiger charge is -2.07. The number of hydrogen-bond donors (Lipinski definition) is 3. The van der Waals surface area contributed by atoms with Crippen LogP contribution in [-0.2, 0) is 4.79 Å². The highest BCUT2D eigenvalue weighted by Crippen LogP contribution is 2.38. The summed E-state index contributed by atoms with van der Waals surface area (Å²) in [6.45, 7) is 2.07. The van der Waals surface area contributed by atoms with Crippen molar-refractivity contribution in [2.24, 2.45) is 11.8 Å². The molecule has 0 radical (unpaired) electrons. The number of carbonyl (C=O) groups is 2. The lowest BCUT2D eigenvalue weighted by atomic mass is 10.1. The number of hydrogen-bond acceptors (Lipinski definition) is 3. The van der Waals surface area contributed by atoms with E-state index in [2.05, 4.69) is 27.8 Å². The summed E-state index contributed by atoms with van der Waals surface area (Å²) in [6.07, 6.45) is 2.68. The number of carbonyl (C=O) groups excluding carboxylic acids is 2. The van der Waals surface area contributed by atoms with Gasteiger partial charge < -0.3 is 10.6 Å². The zero-order valence-corrected chi connectivity index (χ0v) is 13.7. The van der Waals surface area contributed by atoms with Crippen molar-refractivity contribution in [2.75, 3.05) is 10.6 Å². The molecule has 126 valence electrons. The number of benzene rings is 2. The molecule has 0 unspecified atom stereocenters. The second-order valence-electron chi connectivity index (χ2n) is 6.51.